The molecular formula is C14H12ClFN2O. The summed E-state index contributed by atoms with van der Waals surface area (Å²) < 4.78 is 19.0. The van der Waals surface area contributed by atoms with Crippen molar-refractivity contribution in [1.82, 2.24) is 0 Å². The molecule has 0 aromatic heterocycles. The third-order valence-electron chi connectivity index (χ3n) is 2.61. The van der Waals surface area contributed by atoms with Gasteiger partial charge in [-0.1, -0.05) is 41.9 Å². The lowest BCUT2D eigenvalue weighted by atomic mass is 10.1. The fraction of sp³-hybridized carbons (Fsp3) is 0.0714. The minimum atomic E-state index is -0.593. The monoisotopic (exact) mass is 278 g/mol. The van der Waals surface area contributed by atoms with Gasteiger partial charge in [0, 0.05) is 11.1 Å². The number of halogens is 2. The van der Waals surface area contributed by atoms with Crippen molar-refractivity contribution in [3.8, 4) is 5.75 Å². The van der Waals surface area contributed by atoms with E-state index in [4.69, 9.17) is 27.5 Å². The highest BCUT2D eigenvalue weighted by Crippen LogP contribution is 2.25. The molecule has 2 aromatic carbocycles. The predicted molar refractivity (Wildman–Crippen MR) is 73.2 cm³/mol. The van der Waals surface area contributed by atoms with Gasteiger partial charge in [-0.25, -0.2) is 4.39 Å². The van der Waals surface area contributed by atoms with Crippen molar-refractivity contribution >= 4 is 17.4 Å². The molecule has 19 heavy (non-hydrogen) atoms. The molecule has 0 atom stereocenters. The maximum atomic E-state index is 13.6. The molecule has 0 saturated heterocycles. The lowest BCUT2D eigenvalue weighted by Gasteiger charge is -2.11. The summed E-state index contributed by atoms with van der Waals surface area (Å²) >= 11 is 5.67. The third kappa shape index (κ3) is 3.03. The molecule has 0 saturated carbocycles. The number of benzene rings is 2. The summed E-state index contributed by atoms with van der Waals surface area (Å²) in [4.78, 5) is 0. The van der Waals surface area contributed by atoms with Crippen molar-refractivity contribution in [2.24, 2.45) is 5.73 Å². The van der Waals surface area contributed by atoms with Gasteiger partial charge in [-0.15, -0.1) is 0 Å². The van der Waals surface area contributed by atoms with Crippen LogP contribution in [0.2, 0.25) is 5.02 Å². The van der Waals surface area contributed by atoms with Gasteiger partial charge in [-0.05, 0) is 12.1 Å². The van der Waals surface area contributed by atoms with E-state index in [0.29, 0.717) is 5.56 Å². The summed E-state index contributed by atoms with van der Waals surface area (Å²) in [5.41, 5.74) is 6.76. The van der Waals surface area contributed by atoms with Gasteiger partial charge in [0.05, 0.1) is 5.02 Å². The second-order valence-electron chi connectivity index (χ2n) is 3.91. The molecule has 0 amide bonds. The Morgan fingerprint density at radius 1 is 1.21 bits per heavy atom. The summed E-state index contributed by atoms with van der Waals surface area (Å²) in [7, 11) is 0. The molecule has 0 heterocycles. The third-order valence-corrected chi connectivity index (χ3v) is 2.90. The molecule has 2 rings (SSSR count). The second kappa shape index (κ2) is 5.71. The van der Waals surface area contributed by atoms with Crippen molar-refractivity contribution in [3.63, 3.8) is 0 Å². The van der Waals surface area contributed by atoms with E-state index >= 15 is 0 Å². The average molecular weight is 279 g/mol. The smallest absolute Gasteiger partial charge is 0.183 e. The van der Waals surface area contributed by atoms with E-state index in [0.717, 1.165) is 5.56 Å². The molecule has 98 valence electrons. The Morgan fingerprint density at radius 2 is 1.95 bits per heavy atom. The van der Waals surface area contributed by atoms with Gasteiger partial charge >= 0.3 is 0 Å². The highest BCUT2D eigenvalue weighted by atomic mass is 35.5. The van der Waals surface area contributed by atoms with Gasteiger partial charge in [0.1, 0.15) is 12.4 Å². The molecular weight excluding hydrogens is 267 g/mol. The van der Waals surface area contributed by atoms with E-state index in [1.807, 2.05) is 0 Å². The fourth-order valence-corrected chi connectivity index (χ4v) is 1.83. The lowest BCUT2D eigenvalue weighted by molar-refractivity contribution is 0.290. The Labute approximate surface area is 115 Å². The van der Waals surface area contributed by atoms with Crippen LogP contribution in [0.4, 0.5) is 4.39 Å². The summed E-state index contributed by atoms with van der Waals surface area (Å²) in [6.45, 7) is 0.118. The van der Waals surface area contributed by atoms with Crippen LogP contribution in [0.1, 0.15) is 11.1 Å². The van der Waals surface area contributed by atoms with E-state index in [1.165, 1.54) is 12.1 Å². The molecule has 0 radical (unpaired) electrons. The fourth-order valence-electron chi connectivity index (χ4n) is 1.66. The Balaban J connectivity index is 2.19. The minimum Gasteiger partial charge on any atom is -0.486 e. The summed E-state index contributed by atoms with van der Waals surface area (Å²) in [5, 5.41) is 7.47. The normalized spacial score (nSPS) is 10.2. The van der Waals surface area contributed by atoms with Crippen molar-refractivity contribution < 1.29 is 9.13 Å². The van der Waals surface area contributed by atoms with Crippen LogP contribution in [0.3, 0.4) is 0 Å². The Kier molecular flexibility index (Phi) is 4.02. The molecule has 0 aliphatic rings. The minimum absolute atomic E-state index is 0.0114. The molecule has 0 unspecified atom stereocenters. The first-order chi connectivity index (χ1) is 9.09. The number of rotatable bonds is 4. The standard InChI is InChI=1S/C14H12ClFN2O/c15-11-6-3-7-12(13(11)16)19-8-9-4-1-2-5-10(9)14(17)18/h1-7H,8H2,(H3,17,18). The Morgan fingerprint density at radius 3 is 2.68 bits per heavy atom. The molecule has 5 heteroatoms. The molecule has 0 aliphatic heterocycles. The average Bonchev–Trinajstić information content (AvgIpc) is 2.40. The van der Waals surface area contributed by atoms with Crippen molar-refractivity contribution in [1.29, 1.82) is 5.41 Å². The topological polar surface area (TPSA) is 59.1 Å². The van der Waals surface area contributed by atoms with Crippen molar-refractivity contribution in [2.75, 3.05) is 0 Å². The van der Waals surface area contributed by atoms with Crippen molar-refractivity contribution in [2.45, 2.75) is 6.61 Å². The molecule has 0 aliphatic carbocycles. The second-order valence-corrected chi connectivity index (χ2v) is 4.32. The largest absolute Gasteiger partial charge is 0.486 e. The number of nitrogen functional groups attached to an aromatic ring is 1. The number of hydrogen-bond acceptors (Lipinski definition) is 2. The first kappa shape index (κ1) is 13.4. The number of nitrogens with two attached hydrogens (primary N) is 1. The van der Waals surface area contributed by atoms with Gasteiger partial charge in [-0.2, -0.15) is 0 Å². The van der Waals surface area contributed by atoms with E-state index in [2.05, 4.69) is 0 Å². The summed E-state index contributed by atoms with van der Waals surface area (Å²) in [6.07, 6.45) is 0. The van der Waals surface area contributed by atoms with E-state index in [9.17, 15) is 4.39 Å². The summed E-state index contributed by atoms with van der Waals surface area (Å²) in [5.74, 6) is -0.568. The van der Waals surface area contributed by atoms with Gasteiger partial charge in [0.2, 0.25) is 0 Å². The van der Waals surface area contributed by atoms with Crippen LogP contribution in [0.25, 0.3) is 0 Å². The van der Waals surface area contributed by atoms with Crippen LogP contribution in [-0.4, -0.2) is 5.84 Å². The highest BCUT2D eigenvalue weighted by molar-refractivity contribution is 6.30. The number of hydrogen-bond donors (Lipinski definition) is 2. The van der Waals surface area contributed by atoms with E-state index in [1.54, 1.807) is 30.3 Å². The van der Waals surface area contributed by atoms with E-state index < -0.39 is 5.82 Å². The maximum absolute atomic E-state index is 13.6. The predicted octanol–water partition coefficient (Wildman–Crippen LogP) is 3.34. The number of ether oxygens (including phenoxy) is 1. The molecule has 2 aromatic rings. The van der Waals surface area contributed by atoms with Crippen LogP contribution in [0, 0.1) is 11.2 Å². The number of amidine groups is 1. The summed E-state index contributed by atoms with van der Waals surface area (Å²) in [6, 6.07) is 11.6. The molecule has 0 bridgehead atoms. The van der Waals surface area contributed by atoms with Crippen LogP contribution in [0.5, 0.6) is 5.75 Å². The first-order valence-electron chi connectivity index (χ1n) is 5.58. The zero-order valence-corrected chi connectivity index (χ0v) is 10.7. The quantitative estimate of drug-likeness (QED) is 0.666. The van der Waals surface area contributed by atoms with Crippen LogP contribution in [0.15, 0.2) is 42.5 Å². The zero-order chi connectivity index (χ0) is 13.8. The highest BCUT2D eigenvalue weighted by Gasteiger charge is 2.09. The van der Waals surface area contributed by atoms with Crippen molar-refractivity contribution in [3.05, 3.63) is 64.4 Å². The van der Waals surface area contributed by atoms with Gasteiger partial charge < -0.3 is 10.5 Å². The molecule has 0 spiro atoms. The van der Waals surface area contributed by atoms with Crippen LogP contribution >= 0.6 is 11.6 Å². The van der Waals surface area contributed by atoms with E-state index in [-0.39, 0.29) is 23.2 Å². The maximum Gasteiger partial charge on any atom is 0.183 e. The lowest BCUT2D eigenvalue weighted by Crippen LogP contribution is -2.14. The number of nitrogens with one attached hydrogen (secondary N) is 1. The molecule has 3 nitrogen and oxygen atoms in total. The van der Waals surface area contributed by atoms with Gasteiger partial charge in [0.25, 0.3) is 0 Å². The zero-order valence-electron chi connectivity index (χ0n) is 9.99. The van der Waals surface area contributed by atoms with Crippen LogP contribution in [-0.2, 0) is 6.61 Å². The Bertz CT molecular complexity index is 616. The van der Waals surface area contributed by atoms with Gasteiger partial charge in [-0.3, -0.25) is 5.41 Å². The Hall–Kier alpha value is -2.07. The first-order valence-corrected chi connectivity index (χ1v) is 5.96. The molecule has 3 N–H and O–H groups in total. The SMILES string of the molecule is N=C(N)c1ccccc1COc1cccc(Cl)c1F. The van der Waals surface area contributed by atoms with Gasteiger partial charge in [0.15, 0.2) is 11.6 Å². The van der Waals surface area contributed by atoms with Crippen LogP contribution < -0.4 is 10.5 Å². The molecule has 0 fully saturated rings.